The maximum atomic E-state index is 12.8. The fourth-order valence-electron chi connectivity index (χ4n) is 1.87. The van der Waals surface area contributed by atoms with Gasteiger partial charge in [-0.1, -0.05) is 6.92 Å². The zero-order valence-electron chi connectivity index (χ0n) is 11.8. The molecule has 1 aromatic heterocycles. The standard InChI is InChI=1S/C14H16FN3O3/c1-9(14(19)20)7-18(2)8-12-16-17-13(21-12)10-3-5-11(15)6-4-10/h3-6,9H,7-8H2,1-2H3,(H,19,20). The second-order valence-corrected chi connectivity index (χ2v) is 4.94. The summed E-state index contributed by atoms with van der Waals surface area (Å²) in [5.41, 5.74) is 0.636. The molecule has 0 bridgehead atoms. The normalized spacial score (nSPS) is 12.6. The zero-order valence-corrected chi connectivity index (χ0v) is 11.8. The van der Waals surface area contributed by atoms with Crippen molar-refractivity contribution in [2.24, 2.45) is 5.92 Å². The Labute approximate surface area is 121 Å². The number of nitrogens with zero attached hydrogens (tertiary/aromatic N) is 3. The van der Waals surface area contributed by atoms with Crippen LogP contribution >= 0.6 is 0 Å². The van der Waals surface area contributed by atoms with Crippen LogP contribution < -0.4 is 0 Å². The summed E-state index contributed by atoms with van der Waals surface area (Å²) in [5.74, 6) is -0.964. The van der Waals surface area contributed by atoms with Crippen molar-refractivity contribution in [2.75, 3.05) is 13.6 Å². The van der Waals surface area contributed by atoms with Crippen molar-refractivity contribution < 1.29 is 18.7 Å². The van der Waals surface area contributed by atoms with E-state index in [2.05, 4.69) is 10.2 Å². The maximum Gasteiger partial charge on any atom is 0.307 e. The Morgan fingerprint density at radius 2 is 2.05 bits per heavy atom. The molecule has 6 nitrogen and oxygen atoms in total. The van der Waals surface area contributed by atoms with Gasteiger partial charge in [0.1, 0.15) is 5.82 Å². The van der Waals surface area contributed by atoms with Crippen molar-refractivity contribution in [3.8, 4) is 11.5 Å². The average Bonchev–Trinajstić information content (AvgIpc) is 2.87. The van der Waals surface area contributed by atoms with Crippen LogP contribution in [0.2, 0.25) is 0 Å². The third kappa shape index (κ3) is 4.09. The van der Waals surface area contributed by atoms with Gasteiger partial charge >= 0.3 is 5.97 Å². The van der Waals surface area contributed by atoms with Gasteiger partial charge in [0.15, 0.2) is 0 Å². The molecule has 0 fully saturated rings. The second-order valence-electron chi connectivity index (χ2n) is 4.94. The van der Waals surface area contributed by atoms with E-state index in [-0.39, 0.29) is 5.82 Å². The summed E-state index contributed by atoms with van der Waals surface area (Å²) in [6.45, 7) is 2.37. The van der Waals surface area contributed by atoms with Gasteiger partial charge in [-0.15, -0.1) is 10.2 Å². The molecule has 1 atom stereocenters. The summed E-state index contributed by atoms with van der Waals surface area (Å²) >= 11 is 0. The zero-order chi connectivity index (χ0) is 15.4. The van der Waals surface area contributed by atoms with E-state index in [0.29, 0.717) is 30.4 Å². The molecule has 0 amide bonds. The number of carbonyl (C=O) groups is 1. The van der Waals surface area contributed by atoms with Gasteiger partial charge in [0.05, 0.1) is 12.5 Å². The first-order chi connectivity index (χ1) is 9.95. The van der Waals surface area contributed by atoms with Crippen molar-refractivity contribution in [2.45, 2.75) is 13.5 Å². The summed E-state index contributed by atoms with van der Waals surface area (Å²) in [4.78, 5) is 12.6. The van der Waals surface area contributed by atoms with Crippen LogP contribution in [0.4, 0.5) is 4.39 Å². The van der Waals surface area contributed by atoms with Crippen LogP contribution in [0.5, 0.6) is 0 Å². The molecule has 112 valence electrons. The second kappa shape index (κ2) is 6.45. The summed E-state index contributed by atoms with van der Waals surface area (Å²) in [5, 5.41) is 16.7. The van der Waals surface area contributed by atoms with E-state index in [0.717, 1.165) is 0 Å². The third-order valence-corrected chi connectivity index (χ3v) is 2.97. The third-order valence-electron chi connectivity index (χ3n) is 2.97. The Bertz CT molecular complexity index is 612. The minimum absolute atomic E-state index is 0.310. The molecular formula is C14H16FN3O3. The highest BCUT2D eigenvalue weighted by molar-refractivity contribution is 5.69. The van der Waals surface area contributed by atoms with Crippen molar-refractivity contribution in [1.82, 2.24) is 15.1 Å². The molecule has 0 radical (unpaired) electrons. The SMILES string of the molecule is CC(CN(C)Cc1nnc(-c2ccc(F)cc2)o1)C(=O)O. The van der Waals surface area contributed by atoms with Crippen molar-refractivity contribution in [3.05, 3.63) is 36.0 Å². The summed E-state index contributed by atoms with van der Waals surface area (Å²) < 4.78 is 18.3. The number of carboxylic acid groups (broad SMARTS) is 1. The lowest BCUT2D eigenvalue weighted by molar-refractivity contribution is -0.141. The number of benzene rings is 1. The first kappa shape index (κ1) is 15.1. The van der Waals surface area contributed by atoms with E-state index in [1.165, 1.54) is 12.1 Å². The van der Waals surface area contributed by atoms with Crippen molar-refractivity contribution in [1.29, 1.82) is 0 Å². The molecule has 0 saturated carbocycles. The van der Waals surface area contributed by atoms with Gasteiger partial charge in [0.2, 0.25) is 11.8 Å². The van der Waals surface area contributed by atoms with E-state index in [1.807, 2.05) is 0 Å². The molecular weight excluding hydrogens is 277 g/mol. The highest BCUT2D eigenvalue weighted by Gasteiger charge is 2.16. The molecule has 1 aromatic carbocycles. The van der Waals surface area contributed by atoms with E-state index in [4.69, 9.17) is 9.52 Å². The molecule has 0 saturated heterocycles. The molecule has 1 unspecified atom stereocenters. The Kier molecular flexibility index (Phi) is 4.64. The molecule has 7 heteroatoms. The summed E-state index contributed by atoms with van der Waals surface area (Å²) in [7, 11) is 1.78. The first-order valence-electron chi connectivity index (χ1n) is 6.45. The minimum Gasteiger partial charge on any atom is -0.481 e. The maximum absolute atomic E-state index is 12.8. The van der Waals surface area contributed by atoms with Gasteiger partial charge in [-0.05, 0) is 31.3 Å². The number of rotatable bonds is 6. The van der Waals surface area contributed by atoms with Crippen LogP contribution in [0, 0.1) is 11.7 Å². The number of hydrogen-bond donors (Lipinski definition) is 1. The lowest BCUT2D eigenvalue weighted by Crippen LogP contribution is -2.28. The van der Waals surface area contributed by atoms with Gasteiger partial charge in [-0.2, -0.15) is 0 Å². The topological polar surface area (TPSA) is 79.5 Å². The molecule has 0 aliphatic rings. The predicted octanol–water partition coefficient (Wildman–Crippen LogP) is 2.03. The van der Waals surface area contributed by atoms with Gasteiger partial charge in [0.25, 0.3) is 0 Å². The Morgan fingerprint density at radius 1 is 1.38 bits per heavy atom. The van der Waals surface area contributed by atoms with Gasteiger partial charge in [0, 0.05) is 12.1 Å². The lowest BCUT2D eigenvalue weighted by Gasteiger charge is -2.16. The van der Waals surface area contributed by atoms with Crippen molar-refractivity contribution in [3.63, 3.8) is 0 Å². The summed E-state index contributed by atoms with van der Waals surface area (Å²) in [6.07, 6.45) is 0. The van der Waals surface area contributed by atoms with E-state index >= 15 is 0 Å². The highest BCUT2D eigenvalue weighted by Crippen LogP contribution is 2.18. The van der Waals surface area contributed by atoms with Crippen LogP contribution in [-0.4, -0.2) is 39.8 Å². The number of halogens is 1. The Hall–Kier alpha value is -2.28. The Balaban J connectivity index is 2.00. The average molecular weight is 293 g/mol. The fourth-order valence-corrected chi connectivity index (χ4v) is 1.87. The van der Waals surface area contributed by atoms with Crippen LogP contribution in [0.1, 0.15) is 12.8 Å². The van der Waals surface area contributed by atoms with Crippen LogP contribution in [0.25, 0.3) is 11.5 Å². The molecule has 0 aliphatic heterocycles. The molecule has 21 heavy (non-hydrogen) atoms. The molecule has 0 spiro atoms. The van der Waals surface area contributed by atoms with Gasteiger partial charge < -0.3 is 9.52 Å². The quantitative estimate of drug-likeness (QED) is 0.878. The number of carboxylic acids is 1. The van der Waals surface area contributed by atoms with Crippen LogP contribution in [0.3, 0.4) is 0 Å². The summed E-state index contributed by atoms with van der Waals surface area (Å²) in [6, 6.07) is 5.76. The van der Waals surface area contributed by atoms with Gasteiger partial charge in [-0.3, -0.25) is 9.69 Å². The van der Waals surface area contributed by atoms with E-state index in [9.17, 15) is 9.18 Å². The smallest absolute Gasteiger partial charge is 0.307 e. The van der Waals surface area contributed by atoms with Crippen LogP contribution in [-0.2, 0) is 11.3 Å². The van der Waals surface area contributed by atoms with E-state index < -0.39 is 11.9 Å². The molecule has 1 N–H and O–H groups in total. The minimum atomic E-state index is -0.848. The number of aliphatic carboxylic acids is 1. The van der Waals surface area contributed by atoms with E-state index in [1.54, 1.807) is 31.0 Å². The molecule has 1 heterocycles. The number of hydrogen-bond acceptors (Lipinski definition) is 5. The lowest BCUT2D eigenvalue weighted by atomic mass is 10.2. The predicted molar refractivity (Wildman–Crippen MR) is 72.8 cm³/mol. The highest BCUT2D eigenvalue weighted by atomic mass is 19.1. The van der Waals surface area contributed by atoms with Gasteiger partial charge in [-0.25, -0.2) is 4.39 Å². The van der Waals surface area contributed by atoms with Crippen molar-refractivity contribution >= 4 is 5.97 Å². The molecule has 2 aromatic rings. The molecule has 2 rings (SSSR count). The monoisotopic (exact) mass is 293 g/mol. The first-order valence-corrected chi connectivity index (χ1v) is 6.45. The molecule has 0 aliphatic carbocycles. The van der Waals surface area contributed by atoms with Crippen LogP contribution in [0.15, 0.2) is 28.7 Å². The number of aromatic nitrogens is 2. The Morgan fingerprint density at radius 3 is 2.67 bits per heavy atom. The largest absolute Gasteiger partial charge is 0.481 e. The fraction of sp³-hybridized carbons (Fsp3) is 0.357.